The molecule has 0 amide bonds. The van der Waals surface area contributed by atoms with Gasteiger partial charge in [0.25, 0.3) is 0 Å². The third-order valence-corrected chi connectivity index (χ3v) is 2.02. The molecule has 0 aromatic carbocycles. The normalized spacial score (nSPS) is 13.0. The van der Waals surface area contributed by atoms with Crippen LogP contribution in [0.3, 0.4) is 0 Å². The topological polar surface area (TPSA) is 57.0 Å². The Balaban J connectivity index is 2.33. The van der Waals surface area contributed by atoms with E-state index in [1.54, 1.807) is 23.2 Å². The lowest BCUT2D eigenvalue weighted by molar-refractivity contribution is 0.428. The van der Waals surface area contributed by atoms with E-state index in [0.29, 0.717) is 5.82 Å². The minimum Gasteiger partial charge on any atom is -0.467 e. The van der Waals surface area contributed by atoms with E-state index in [2.05, 4.69) is 5.10 Å². The molecule has 1 atom stereocenters. The van der Waals surface area contributed by atoms with E-state index >= 15 is 0 Å². The fourth-order valence-electron chi connectivity index (χ4n) is 1.30. The van der Waals surface area contributed by atoms with E-state index in [1.807, 2.05) is 19.1 Å². The van der Waals surface area contributed by atoms with E-state index in [1.165, 1.54) is 0 Å². The summed E-state index contributed by atoms with van der Waals surface area (Å²) in [6.07, 6.45) is 3.32. The standard InChI is InChI=1S/C9H11N3O/c1-7(8-3-2-6-13-8)12-9(10)4-5-11-12/h2-7H,10H2,1H3. The summed E-state index contributed by atoms with van der Waals surface area (Å²) in [6.45, 7) is 1.99. The maximum Gasteiger partial charge on any atom is 0.128 e. The first-order chi connectivity index (χ1) is 6.29. The van der Waals surface area contributed by atoms with Crippen molar-refractivity contribution in [2.24, 2.45) is 0 Å². The molecular formula is C9H11N3O. The number of rotatable bonds is 2. The highest BCUT2D eigenvalue weighted by atomic mass is 16.3. The number of hydrogen-bond acceptors (Lipinski definition) is 3. The van der Waals surface area contributed by atoms with Crippen molar-refractivity contribution < 1.29 is 4.42 Å². The van der Waals surface area contributed by atoms with Gasteiger partial charge in [-0.25, -0.2) is 4.68 Å². The number of anilines is 1. The Labute approximate surface area is 76.0 Å². The number of furan rings is 1. The van der Waals surface area contributed by atoms with Crippen molar-refractivity contribution in [3.8, 4) is 0 Å². The van der Waals surface area contributed by atoms with Crippen molar-refractivity contribution in [1.29, 1.82) is 0 Å². The van der Waals surface area contributed by atoms with Crippen LogP contribution in [0.15, 0.2) is 35.1 Å². The summed E-state index contributed by atoms with van der Waals surface area (Å²) in [5.41, 5.74) is 5.71. The zero-order valence-electron chi connectivity index (χ0n) is 7.34. The van der Waals surface area contributed by atoms with Crippen LogP contribution in [-0.4, -0.2) is 9.78 Å². The van der Waals surface area contributed by atoms with Gasteiger partial charge in [0.1, 0.15) is 17.6 Å². The lowest BCUT2D eigenvalue weighted by Crippen LogP contribution is -2.10. The minimum absolute atomic E-state index is 0.0463. The Morgan fingerprint density at radius 1 is 1.54 bits per heavy atom. The van der Waals surface area contributed by atoms with Crippen molar-refractivity contribution in [2.45, 2.75) is 13.0 Å². The van der Waals surface area contributed by atoms with Gasteiger partial charge in [0, 0.05) is 0 Å². The van der Waals surface area contributed by atoms with Gasteiger partial charge in [-0.15, -0.1) is 0 Å². The maximum absolute atomic E-state index is 5.71. The van der Waals surface area contributed by atoms with Crippen LogP contribution in [-0.2, 0) is 0 Å². The largest absolute Gasteiger partial charge is 0.467 e. The Kier molecular flexibility index (Phi) is 1.81. The molecule has 2 aromatic heterocycles. The van der Waals surface area contributed by atoms with E-state index in [9.17, 15) is 0 Å². The van der Waals surface area contributed by atoms with Crippen molar-refractivity contribution in [3.05, 3.63) is 36.4 Å². The molecule has 0 aliphatic carbocycles. The fraction of sp³-hybridized carbons (Fsp3) is 0.222. The summed E-state index contributed by atoms with van der Waals surface area (Å²) in [7, 11) is 0. The Morgan fingerprint density at radius 3 is 2.92 bits per heavy atom. The van der Waals surface area contributed by atoms with Gasteiger partial charge in [-0.3, -0.25) is 0 Å². The van der Waals surface area contributed by atoms with Crippen LogP contribution < -0.4 is 5.73 Å². The Morgan fingerprint density at radius 2 is 2.38 bits per heavy atom. The van der Waals surface area contributed by atoms with E-state index in [-0.39, 0.29) is 6.04 Å². The SMILES string of the molecule is CC(c1ccco1)n1nccc1N. The average Bonchev–Trinajstić information content (AvgIpc) is 2.72. The van der Waals surface area contributed by atoms with Crippen LogP contribution >= 0.6 is 0 Å². The van der Waals surface area contributed by atoms with Gasteiger partial charge < -0.3 is 10.2 Å². The molecule has 0 saturated heterocycles. The smallest absolute Gasteiger partial charge is 0.128 e. The van der Waals surface area contributed by atoms with Gasteiger partial charge in [0.05, 0.1) is 12.5 Å². The highest BCUT2D eigenvalue weighted by Gasteiger charge is 2.12. The van der Waals surface area contributed by atoms with Gasteiger partial charge in [-0.1, -0.05) is 0 Å². The Bertz CT molecular complexity index is 377. The van der Waals surface area contributed by atoms with Crippen LogP contribution in [0, 0.1) is 0 Å². The predicted molar refractivity (Wildman–Crippen MR) is 49.2 cm³/mol. The average molecular weight is 177 g/mol. The highest BCUT2D eigenvalue weighted by molar-refractivity contribution is 5.28. The lowest BCUT2D eigenvalue weighted by atomic mass is 10.2. The summed E-state index contributed by atoms with van der Waals surface area (Å²) in [6, 6.07) is 5.57. The molecule has 0 aliphatic rings. The van der Waals surface area contributed by atoms with E-state index in [0.717, 1.165) is 5.76 Å². The number of nitrogen functional groups attached to an aromatic ring is 1. The van der Waals surface area contributed by atoms with Gasteiger partial charge in [-0.05, 0) is 25.1 Å². The van der Waals surface area contributed by atoms with E-state index < -0.39 is 0 Å². The van der Waals surface area contributed by atoms with Crippen molar-refractivity contribution in [2.75, 3.05) is 5.73 Å². The monoisotopic (exact) mass is 177 g/mol. The van der Waals surface area contributed by atoms with Crippen LogP contribution in [0.4, 0.5) is 5.82 Å². The second-order valence-corrected chi connectivity index (χ2v) is 2.89. The molecule has 2 rings (SSSR count). The van der Waals surface area contributed by atoms with Crippen molar-refractivity contribution in [3.63, 3.8) is 0 Å². The van der Waals surface area contributed by atoms with Crippen molar-refractivity contribution in [1.82, 2.24) is 9.78 Å². The molecule has 4 heteroatoms. The molecule has 0 radical (unpaired) electrons. The predicted octanol–water partition coefficient (Wildman–Crippen LogP) is 1.67. The molecule has 1 unspecified atom stereocenters. The van der Waals surface area contributed by atoms with E-state index in [4.69, 9.17) is 10.2 Å². The third kappa shape index (κ3) is 1.30. The molecule has 68 valence electrons. The molecule has 0 saturated carbocycles. The van der Waals surface area contributed by atoms with Crippen LogP contribution in [0.5, 0.6) is 0 Å². The number of aromatic nitrogens is 2. The first kappa shape index (κ1) is 7.91. The summed E-state index contributed by atoms with van der Waals surface area (Å²) >= 11 is 0. The molecule has 0 bridgehead atoms. The molecule has 0 aliphatic heterocycles. The highest BCUT2D eigenvalue weighted by Crippen LogP contribution is 2.19. The molecule has 0 fully saturated rings. The van der Waals surface area contributed by atoms with Gasteiger partial charge in [0.15, 0.2) is 0 Å². The van der Waals surface area contributed by atoms with Crippen LogP contribution in [0.2, 0.25) is 0 Å². The summed E-state index contributed by atoms with van der Waals surface area (Å²) in [4.78, 5) is 0. The zero-order valence-corrected chi connectivity index (χ0v) is 7.34. The van der Waals surface area contributed by atoms with Crippen LogP contribution in [0.25, 0.3) is 0 Å². The first-order valence-corrected chi connectivity index (χ1v) is 4.11. The zero-order chi connectivity index (χ0) is 9.26. The third-order valence-electron chi connectivity index (χ3n) is 2.02. The first-order valence-electron chi connectivity index (χ1n) is 4.11. The van der Waals surface area contributed by atoms with Crippen molar-refractivity contribution >= 4 is 5.82 Å². The molecule has 2 N–H and O–H groups in total. The molecule has 2 heterocycles. The quantitative estimate of drug-likeness (QED) is 0.759. The minimum atomic E-state index is 0.0463. The van der Waals surface area contributed by atoms with Gasteiger partial charge >= 0.3 is 0 Å². The summed E-state index contributed by atoms with van der Waals surface area (Å²) in [5, 5.41) is 4.10. The molecule has 0 spiro atoms. The summed E-state index contributed by atoms with van der Waals surface area (Å²) < 4.78 is 6.98. The van der Waals surface area contributed by atoms with Gasteiger partial charge in [-0.2, -0.15) is 5.10 Å². The van der Waals surface area contributed by atoms with Gasteiger partial charge in [0.2, 0.25) is 0 Å². The second-order valence-electron chi connectivity index (χ2n) is 2.89. The number of nitrogens with zero attached hydrogens (tertiary/aromatic N) is 2. The number of hydrogen-bond donors (Lipinski definition) is 1. The lowest BCUT2D eigenvalue weighted by Gasteiger charge is -2.10. The molecule has 13 heavy (non-hydrogen) atoms. The van der Waals surface area contributed by atoms with Crippen LogP contribution in [0.1, 0.15) is 18.7 Å². The second kappa shape index (κ2) is 2.97. The molecule has 2 aromatic rings. The number of nitrogens with two attached hydrogens (primary N) is 1. The maximum atomic E-state index is 5.71. The summed E-state index contributed by atoms with van der Waals surface area (Å²) in [5.74, 6) is 1.50. The molecule has 4 nitrogen and oxygen atoms in total. The molecular weight excluding hydrogens is 166 g/mol. The Hall–Kier alpha value is -1.71. The fourth-order valence-corrected chi connectivity index (χ4v) is 1.30.